The van der Waals surface area contributed by atoms with Gasteiger partial charge in [-0.15, -0.1) is 0 Å². The van der Waals surface area contributed by atoms with Gasteiger partial charge in [0.25, 0.3) is 0 Å². The molecular formula is C15H20FN3. The third kappa shape index (κ3) is 3.45. The highest BCUT2D eigenvalue weighted by molar-refractivity contribution is 5.51. The SMILES string of the molecule is CCN(CC1CCNCC1)c1ccc(C#N)cc1F. The minimum atomic E-state index is -0.296. The van der Waals surface area contributed by atoms with E-state index in [0.717, 1.165) is 39.0 Å². The Labute approximate surface area is 114 Å². The Bertz CT molecular complexity index is 461. The molecule has 2 rings (SSSR count). The highest BCUT2D eigenvalue weighted by atomic mass is 19.1. The van der Waals surface area contributed by atoms with Gasteiger partial charge in [0.1, 0.15) is 5.82 Å². The maximum atomic E-state index is 14.0. The van der Waals surface area contributed by atoms with Gasteiger partial charge < -0.3 is 10.2 Å². The van der Waals surface area contributed by atoms with Crippen molar-refractivity contribution in [3.05, 3.63) is 29.6 Å². The second-order valence-electron chi connectivity index (χ2n) is 5.01. The van der Waals surface area contributed by atoms with E-state index in [1.54, 1.807) is 12.1 Å². The third-order valence-electron chi connectivity index (χ3n) is 3.74. The number of anilines is 1. The molecule has 0 saturated carbocycles. The van der Waals surface area contributed by atoms with Crippen LogP contribution in [0.3, 0.4) is 0 Å². The fraction of sp³-hybridized carbons (Fsp3) is 0.533. The van der Waals surface area contributed by atoms with Gasteiger partial charge in [0.05, 0.1) is 17.3 Å². The summed E-state index contributed by atoms with van der Waals surface area (Å²) in [7, 11) is 0. The lowest BCUT2D eigenvalue weighted by molar-refractivity contribution is 0.373. The highest BCUT2D eigenvalue weighted by Crippen LogP contribution is 2.23. The van der Waals surface area contributed by atoms with Gasteiger partial charge in [-0.25, -0.2) is 4.39 Å². The van der Waals surface area contributed by atoms with Crippen LogP contribution in [0.2, 0.25) is 0 Å². The smallest absolute Gasteiger partial charge is 0.147 e. The van der Waals surface area contributed by atoms with Gasteiger partial charge in [-0.2, -0.15) is 5.26 Å². The van der Waals surface area contributed by atoms with Crippen LogP contribution in [0.25, 0.3) is 0 Å². The van der Waals surface area contributed by atoms with Crippen molar-refractivity contribution in [2.75, 3.05) is 31.1 Å². The van der Waals surface area contributed by atoms with Crippen molar-refractivity contribution in [1.29, 1.82) is 5.26 Å². The maximum absolute atomic E-state index is 14.0. The van der Waals surface area contributed by atoms with E-state index in [-0.39, 0.29) is 5.82 Å². The summed E-state index contributed by atoms with van der Waals surface area (Å²) < 4.78 is 14.0. The molecule has 4 heteroatoms. The largest absolute Gasteiger partial charge is 0.369 e. The monoisotopic (exact) mass is 261 g/mol. The standard InChI is InChI=1S/C15H20FN3/c1-2-19(11-12-5-7-18-8-6-12)15-4-3-13(10-17)9-14(15)16/h3-4,9,12,18H,2,5-8,11H2,1H3. The molecule has 1 heterocycles. The molecule has 1 aromatic carbocycles. The van der Waals surface area contributed by atoms with Crippen LogP contribution in [0, 0.1) is 23.1 Å². The lowest BCUT2D eigenvalue weighted by Crippen LogP contribution is -2.36. The average Bonchev–Trinajstić information content (AvgIpc) is 2.46. The molecule has 1 aliphatic rings. The lowest BCUT2D eigenvalue weighted by Gasteiger charge is -2.31. The molecule has 0 amide bonds. The van der Waals surface area contributed by atoms with E-state index in [9.17, 15) is 4.39 Å². The van der Waals surface area contributed by atoms with Crippen molar-refractivity contribution in [3.8, 4) is 6.07 Å². The van der Waals surface area contributed by atoms with Gasteiger partial charge >= 0.3 is 0 Å². The van der Waals surface area contributed by atoms with Gasteiger partial charge in [-0.1, -0.05) is 0 Å². The van der Waals surface area contributed by atoms with Crippen LogP contribution in [0.4, 0.5) is 10.1 Å². The molecule has 1 N–H and O–H groups in total. The third-order valence-corrected chi connectivity index (χ3v) is 3.74. The molecule has 1 aliphatic heterocycles. The molecule has 0 bridgehead atoms. The first-order valence-corrected chi connectivity index (χ1v) is 6.90. The number of piperidine rings is 1. The fourth-order valence-electron chi connectivity index (χ4n) is 2.61. The van der Waals surface area contributed by atoms with Crippen molar-refractivity contribution >= 4 is 5.69 Å². The van der Waals surface area contributed by atoms with E-state index in [4.69, 9.17) is 5.26 Å². The summed E-state index contributed by atoms with van der Waals surface area (Å²) in [5.74, 6) is 0.325. The van der Waals surface area contributed by atoms with Crippen LogP contribution in [-0.2, 0) is 0 Å². The first-order valence-electron chi connectivity index (χ1n) is 6.90. The summed E-state index contributed by atoms with van der Waals surface area (Å²) in [5.41, 5.74) is 0.985. The number of hydrogen-bond donors (Lipinski definition) is 1. The second kappa shape index (κ2) is 6.53. The first kappa shape index (κ1) is 13.8. The number of rotatable bonds is 4. The van der Waals surface area contributed by atoms with Crippen molar-refractivity contribution in [2.24, 2.45) is 5.92 Å². The summed E-state index contributed by atoms with van der Waals surface area (Å²) in [4.78, 5) is 2.08. The molecule has 1 fully saturated rings. The van der Waals surface area contributed by atoms with E-state index in [0.29, 0.717) is 17.2 Å². The minimum Gasteiger partial charge on any atom is -0.369 e. The van der Waals surface area contributed by atoms with Crippen LogP contribution < -0.4 is 10.2 Å². The molecule has 0 atom stereocenters. The number of nitrogens with zero attached hydrogens (tertiary/aromatic N) is 2. The highest BCUT2D eigenvalue weighted by Gasteiger charge is 2.18. The van der Waals surface area contributed by atoms with E-state index < -0.39 is 0 Å². The number of halogens is 1. The predicted molar refractivity (Wildman–Crippen MR) is 74.6 cm³/mol. The predicted octanol–water partition coefficient (Wildman–Crippen LogP) is 2.52. The van der Waals surface area contributed by atoms with Gasteiger partial charge in [-0.05, 0) is 57.0 Å². The van der Waals surface area contributed by atoms with Crippen LogP contribution in [-0.4, -0.2) is 26.2 Å². The van der Waals surface area contributed by atoms with Crippen LogP contribution in [0.5, 0.6) is 0 Å². The number of nitriles is 1. The Balaban J connectivity index is 2.10. The lowest BCUT2D eigenvalue weighted by atomic mass is 9.97. The minimum absolute atomic E-state index is 0.296. The summed E-state index contributed by atoms with van der Waals surface area (Å²) in [6.45, 7) is 5.82. The normalized spacial score (nSPS) is 16.1. The summed E-state index contributed by atoms with van der Waals surface area (Å²) in [6.07, 6.45) is 2.29. The quantitative estimate of drug-likeness (QED) is 0.905. The zero-order chi connectivity index (χ0) is 13.7. The topological polar surface area (TPSA) is 39.1 Å². The van der Waals surface area contributed by atoms with E-state index in [1.807, 2.05) is 13.0 Å². The van der Waals surface area contributed by atoms with Crippen molar-refractivity contribution in [2.45, 2.75) is 19.8 Å². The summed E-state index contributed by atoms with van der Waals surface area (Å²) in [6, 6.07) is 6.69. The average molecular weight is 261 g/mol. The molecule has 3 nitrogen and oxygen atoms in total. The van der Waals surface area contributed by atoms with Crippen molar-refractivity contribution in [1.82, 2.24) is 5.32 Å². The maximum Gasteiger partial charge on any atom is 0.147 e. The van der Waals surface area contributed by atoms with Crippen molar-refractivity contribution in [3.63, 3.8) is 0 Å². The Kier molecular flexibility index (Phi) is 4.75. The van der Waals surface area contributed by atoms with Crippen LogP contribution >= 0.6 is 0 Å². The number of benzene rings is 1. The Hall–Kier alpha value is -1.60. The van der Waals surface area contributed by atoms with E-state index >= 15 is 0 Å². The molecule has 0 aliphatic carbocycles. The molecular weight excluding hydrogens is 241 g/mol. The van der Waals surface area contributed by atoms with E-state index in [2.05, 4.69) is 10.2 Å². The Morgan fingerprint density at radius 1 is 1.42 bits per heavy atom. The molecule has 1 saturated heterocycles. The summed E-state index contributed by atoms with van der Waals surface area (Å²) >= 11 is 0. The Morgan fingerprint density at radius 2 is 2.16 bits per heavy atom. The molecule has 0 aromatic heterocycles. The van der Waals surface area contributed by atoms with Gasteiger partial charge in [0, 0.05) is 13.1 Å². The van der Waals surface area contributed by atoms with E-state index in [1.165, 1.54) is 6.07 Å². The van der Waals surface area contributed by atoms with Gasteiger partial charge in [-0.3, -0.25) is 0 Å². The van der Waals surface area contributed by atoms with Crippen LogP contribution in [0.1, 0.15) is 25.3 Å². The molecule has 0 unspecified atom stereocenters. The zero-order valence-corrected chi connectivity index (χ0v) is 11.3. The van der Waals surface area contributed by atoms with Crippen molar-refractivity contribution < 1.29 is 4.39 Å². The summed E-state index contributed by atoms with van der Waals surface area (Å²) in [5, 5.41) is 12.1. The second-order valence-corrected chi connectivity index (χ2v) is 5.01. The van der Waals surface area contributed by atoms with Gasteiger partial charge in [0.15, 0.2) is 0 Å². The molecule has 102 valence electrons. The Morgan fingerprint density at radius 3 is 2.74 bits per heavy atom. The van der Waals surface area contributed by atoms with Crippen LogP contribution in [0.15, 0.2) is 18.2 Å². The fourth-order valence-corrected chi connectivity index (χ4v) is 2.61. The molecule has 0 spiro atoms. The molecule has 19 heavy (non-hydrogen) atoms. The first-order chi connectivity index (χ1) is 9.24. The van der Waals surface area contributed by atoms with Gasteiger partial charge in [0.2, 0.25) is 0 Å². The molecule has 1 aromatic rings. The number of nitrogens with one attached hydrogen (secondary N) is 1. The zero-order valence-electron chi connectivity index (χ0n) is 11.3. The number of hydrogen-bond acceptors (Lipinski definition) is 3. The molecule has 0 radical (unpaired) electrons.